The van der Waals surface area contributed by atoms with Crippen LogP contribution in [0.4, 0.5) is 5.69 Å². The lowest BCUT2D eigenvalue weighted by molar-refractivity contribution is 0.102. The minimum atomic E-state index is -0.245. The SMILES string of the molecule is CCOc1cc(C)c(-c2nc3ccccc3c(=O)n2N=Cc2cc(C)n(-c3sc4c(c3C(=O)Nc3ccccc3)CCCC4)c2C)cc1C(C)C. The predicted molar refractivity (Wildman–Crippen MR) is 209 cm³/mol. The molecule has 0 fully saturated rings. The van der Waals surface area contributed by atoms with Gasteiger partial charge in [-0.05, 0) is 118 Å². The van der Waals surface area contributed by atoms with Crippen LogP contribution in [0.3, 0.4) is 0 Å². The average molecular weight is 698 g/mol. The normalized spacial score (nSPS) is 12.9. The van der Waals surface area contributed by atoms with Gasteiger partial charge in [-0.2, -0.15) is 9.78 Å². The van der Waals surface area contributed by atoms with Crippen LogP contribution in [0.2, 0.25) is 0 Å². The zero-order valence-electron chi connectivity index (χ0n) is 30.0. The zero-order valence-corrected chi connectivity index (χ0v) is 30.9. The molecule has 8 nitrogen and oxygen atoms in total. The molecule has 3 aromatic carbocycles. The van der Waals surface area contributed by atoms with Gasteiger partial charge in [-0.3, -0.25) is 9.59 Å². The summed E-state index contributed by atoms with van der Waals surface area (Å²) in [6.45, 7) is 12.9. The highest BCUT2D eigenvalue weighted by Crippen LogP contribution is 2.39. The first-order valence-electron chi connectivity index (χ1n) is 17.7. The lowest BCUT2D eigenvalue weighted by atomic mass is 9.95. The van der Waals surface area contributed by atoms with Crippen LogP contribution in [0, 0.1) is 20.8 Å². The Hall–Kier alpha value is -5.28. The van der Waals surface area contributed by atoms with Crippen molar-refractivity contribution in [2.75, 3.05) is 11.9 Å². The Morgan fingerprint density at radius 2 is 1.76 bits per heavy atom. The molecule has 0 radical (unpaired) electrons. The van der Waals surface area contributed by atoms with Crippen LogP contribution in [0.15, 0.2) is 82.7 Å². The van der Waals surface area contributed by atoms with Crippen LogP contribution in [0.5, 0.6) is 5.75 Å². The first-order chi connectivity index (χ1) is 24.7. The molecule has 0 bridgehead atoms. The number of aromatic nitrogens is 3. The summed E-state index contributed by atoms with van der Waals surface area (Å²) in [6.07, 6.45) is 5.80. The quantitative estimate of drug-likeness (QED) is 0.153. The van der Waals surface area contributed by atoms with Gasteiger partial charge in [-0.15, -0.1) is 11.3 Å². The second-order valence-corrected chi connectivity index (χ2v) is 14.6. The summed E-state index contributed by atoms with van der Waals surface area (Å²) in [7, 11) is 0. The number of carbonyl (C=O) groups is 1. The molecule has 260 valence electrons. The van der Waals surface area contributed by atoms with Crippen LogP contribution in [0.25, 0.3) is 27.3 Å². The van der Waals surface area contributed by atoms with Crippen molar-refractivity contribution in [3.05, 3.63) is 127 Å². The van der Waals surface area contributed by atoms with Gasteiger partial charge in [-0.1, -0.05) is 44.2 Å². The maximum atomic E-state index is 14.1. The molecule has 1 N–H and O–H groups in total. The van der Waals surface area contributed by atoms with Crippen LogP contribution >= 0.6 is 11.3 Å². The van der Waals surface area contributed by atoms with Crippen molar-refractivity contribution in [3.8, 4) is 22.1 Å². The molecule has 3 heterocycles. The number of nitrogens with zero attached hydrogens (tertiary/aromatic N) is 4. The number of hydrogen-bond donors (Lipinski definition) is 1. The third kappa shape index (κ3) is 6.42. The van der Waals surface area contributed by atoms with E-state index >= 15 is 0 Å². The van der Waals surface area contributed by atoms with E-state index in [9.17, 15) is 9.59 Å². The summed E-state index contributed by atoms with van der Waals surface area (Å²) < 4.78 is 9.58. The highest BCUT2D eigenvalue weighted by molar-refractivity contribution is 7.15. The lowest BCUT2D eigenvalue weighted by Gasteiger charge is -2.18. The fraction of sp³-hybridized carbons (Fsp3) is 0.286. The van der Waals surface area contributed by atoms with Crippen molar-refractivity contribution in [1.82, 2.24) is 14.2 Å². The summed E-state index contributed by atoms with van der Waals surface area (Å²) in [5, 5.41) is 9.41. The number of fused-ring (bicyclic) bond motifs is 2. The van der Waals surface area contributed by atoms with Crippen LogP contribution in [0.1, 0.15) is 88.4 Å². The molecule has 0 unspecified atom stereocenters. The van der Waals surface area contributed by atoms with Crippen molar-refractivity contribution in [2.24, 2.45) is 5.10 Å². The molecule has 9 heteroatoms. The third-order valence-electron chi connectivity index (χ3n) is 9.67. The molecule has 7 rings (SSSR count). The third-order valence-corrected chi connectivity index (χ3v) is 10.9. The van der Waals surface area contributed by atoms with Gasteiger partial charge in [0.15, 0.2) is 5.82 Å². The Morgan fingerprint density at radius 3 is 2.53 bits per heavy atom. The van der Waals surface area contributed by atoms with E-state index in [1.165, 1.54) is 9.55 Å². The van der Waals surface area contributed by atoms with E-state index in [-0.39, 0.29) is 17.4 Å². The van der Waals surface area contributed by atoms with E-state index in [0.717, 1.165) is 86.9 Å². The number of rotatable bonds is 9. The molecular formula is C42H43N5O3S. The second-order valence-electron chi connectivity index (χ2n) is 13.5. The van der Waals surface area contributed by atoms with Gasteiger partial charge >= 0.3 is 0 Å². The summed E-state index contributed by atoms with van der Waals surface area (Å²) >= 11 is 1.71. The number of amides is 1. The molecule has 0 saturated carbocycles. The Bertz CT molecular complexity index is 2360. The smallest absolute Gasteiger partial charge is 0.282 e. The molecule has 3 aromatic heterocycles. The minimum Gasteiger partial charge on any atom is -0.494 e. The first kappa shape index (κ1) is 34.2. The van der Waals surface area contributed by atoms with Gasteiger partial charge < -0.3 is 14.6 Å². The highest BCUT2D eigenvalue weighted by Gasteiger charge is 2.28. The molecule has 1 aliphatic rings. The molecule has 0 atom stereocenters. The standard InChI is InChI=1S/C42H43N5O3S/c1-7-50-36-21-26(4)34(23-33(36)25(2)3)39-45-35-19-13-11-17-31(35)41(49)47(39)43-24-29-22-27(5)46(28(29)6)42-38(32-18-12-14-20-37(32)51-42)40(48)44-30-15-9-8-10-16-30/h8-11,13,15-17,19,21-25H,7,12,14,18,20H2,1-6H3,(H,44,48). The number of anilines is 1. The first-order valence-corrected chi connectivity index (χ1v) is 18.5. The van der Waals surface area contributed by atoms with Crippen molar-refractivity contribution in [1.29, 1.82) is 0 Å². The van der Waals surface area contributed by atoms with Crippen molar-refractivity contribution in [2.45, 2.75) is 73.1 Å². The number of carbonyl (C=O) groups excluding carboxylic acids is 1. The van der Waals surface area contributed by atoms with Crippen molar-refractivity contribution >= 4 is 40.0 Å². The summed E-state index contributed by atoms with van der Waals surface area (Å²) in [5.41, 5.74) is 8.62. The van der Waals surface area contributed by atoms with Gasteiger partial charge in [-0.25, -0.2) is 4.98 Å². The maximum absolute atomic E-state index is 14.1. The molecule has 0 aliphatic heterocycles. The average Bonchev–Trinajstić information content (AvgIpc) is 3.63. The molecule has 0 spiro atoms. The van der Waals surface area contributed by atoms with E-state index in [2.05, 4.69) is 35.9 Å². The number of nitrogens with one attached hydrogen (secondary N) is 1. The molecule has 0 saturated heterocycles. The van der Waals surface area contributed by atoms with E-state index < -0.39 is 0 Å². The van der Waals surface area contributed by atoms with E-state index in [4.69, 9.17) is 14.8 Å². The fourth-order valence-electron chi connectivity index (χ4n) is 7.08. The van der Waals surface area contributed by atoms with E-state index in [1.807, 2.05) is 82.3 Å². The maximum Gasteiger partial charge on any atom is 0.282 e. The largest absolute Gasteiger partial charge is 0.494 e. The van der Waals surface area contributed by atoms with Gasteiger partial charge in [0.1, 0.15) is 10.8 Å². The van der Waals surface area contributed by atoms with E-state index in [0.29, 0.717) is 23.3 Å². The summed E-state index contributed by atoms with van der Waals surface area (Å²) in [6, 6.07) is 23.2. The predicted octanol–water partition coefficient (Wildman–Crippen LogP) is 9.38. The Labute approximate surface area is 302 Å². The van der Waals surface area contributed by atoms with Crippen LogP contribution in [-0.4, -0.2) is 33.0 Å². The molecule has 6 aromatic rings. The number of aryl methyl sites for hydroxylation is 3. The Morgan fingerprint density at radius 1 is 1.02 bits per heavy atom. The number of ether oxygens (including phenoxy) is 1. The Kier molecular flexibility index (Phi) is 9.48. The number of para-hydroxylation sites is 2. The number of thiophene rings is 1. The van der Waals surface area contributed by atoms with Crippen molar-refractivity contribution < 1.29 is 9.53 Å². The fourth-order valence-corrected chi connectivity index (χ4v) is 8.58. The monoisotopic (exact) mass is 697 g/mol. The van der Waals surface area contributed by atoms with Crippen LogP contribution < -0.4 is 15.6 Å². The molecule has 1 amide bonds. The van der Waals surface area contributed by atoms with Gasteiger partial charge in [0.2, 0.25) is 0 Å². The van der Waals surface area contributed by atoms with Crippen molar-refractivity contribution in [3.63, 3.8) is 0 Å². The van der Waals surface area contributed by atoms with Gasteiger partial charge in [0, 0.05) is 33.1 Å². The Balaban J connectivity index is 1.35. The number of hydrogen-bond acceptors (Lipinski definition) is 6. The summed E-state index contributed by atoms with van der Waals surface area (Å²) in [4.78, 5) is 34.4. The minimum absolute atomic E-state index is 0.0942. The second kappa shape index (κ2) is 14.2. The topological polar surface area (TPSA) is 90.5 Å². The van der Waals surface area contributed by atoms with Crippen LogP contribution in [-0.2, 0) is 12.8 Å². The highest BCUT2D eigenvalue weighted by atomic mass is 32.1. The molecular weight excluding hydrogens is 655 g/mol. The summed E-state index contributed by atoms with van der Waals surface area (Å²) in [5.74, 6) is 1.41. The number of benzene rings is 3. The molecule has 1 aliphatic carbocycles. The zero-order chi connectivity index (χ0) is 35.8. The van der Waals surface area contributed by atoms with Gasteiger partial charge in [0.05, 0.1) is 29.3 Å². The van der Waals surface area contributed by atoms with Gasteiger partial charge in [0.25, 0.3) is 11.5 Å². The van der Waals surface area contributed by atoms with E-state index in [1.54, 1.807) is 23.6 Å². The molecule has 51 heavy (non-hydrogen) atoms. The lowest BCUT2D eigenvalue weighted by Crippen LogP contribution is -2.21.